The Hall–Kier alpha value is -3.61. The van der Waals surface area contributed by atoms with Crippen LogP contribution < -0.4 is 10.2 Å². The lowest BCUT2D eigenvalue weighted by Crippen LogP contribution is -2.30. The molecule has 1 N–H and O–H groups in total. The highest BCUT2D eigenvalue weighted by atomic mass is 16.2. The Bertz CT molecular complexity index is 1090. The number of carbonyl (C=O) groups is 3. The summed E-state index contributed by atoms with van der Waals surface area (Å²) >= 11 is 0. The van der Waals surface area contributed by atoms with Gasteiger partial charge in [0.25, 0.3) is 11.8 Å². The topological polar surface area (TPSA) is 92.3 Å². The second-order valence-electron chi connectivity index (χ2n) is 6.49. The summed E-state index contributed by atoms with van der Waals surface area (Å²) in [6.07, 6.45) is 0. The summed E-state index contributed by atoms with van der Waals surface area (Å²) in [5.41, 5.74) is 3.89. The molecular weight excluding hydrogens is 344 g/mol. The van der Waals surface area contributed by atoms with Crippen molar-refractivity contribution in [1.29, 1.82) is 0 Å². The van der Waals surface area contributed by atoms with Crippen molar-refractivity contribution in [2.75, 3.05) is 10.2 Å². The number of nitrogens with zero attached hydrogens (tertiary/aromatic N) is 3. The minimum Gasteiger partial charge on any atom is -0.325 e. The molecule has 7 heteroatoms. The number of para-hydroxylation sites is 2. The summed E-state index contributed by atoms with van der Waals surface area (Å²) in [4.78, 5) is 47.1. The number of hydrogen-bond donors (Lipinski definition) is 1. The van der Waals surface area contributed by atoms with E-state index in [-0.39, 0.29) is 17.3 Å². The minimum absolute atomic E-state index is 0.0216. The molecule has 0 saturated carbocycles. The summed E-state index contributed by atoms with van der Waals surface area (Å²) < 4.78 is 0. The maximum Gasteiger partial charge on any atom is 0.286 e. The van der Waals surface area contributed by atoms with Crippen molar-refractivity contribution in [1.82, 2.24) is 9.97 Å². The van der Waals surface area contributed by atoms with Gasteiger partial charge in [-0.25, -0.2) is 14.9 Å². The third-order valence-electron chi connectivity index (χ3n) is 4.55. The molecule has 1 aliphatic heterocycles. The van der Waals surface area contributed by atoms with Crippen LogP contribution in [0.1, 0.15) is 39.0 Å². The fraction of sp³-hybridized carbons (Fsp3) is 0.150. The lowest BCUT2D eigenvalue weighted by atomic mass is 10.1. The summed E-state index contributed by atoms with van der Waals surface area (Å²) in [5.74, 6) is -1.41. The fourth-order valence-corrected chi connectivity index (χ4v) is 3.10. The number of benzene rings is 2. The first kappa shape index (κ1) is 16.8. The molecule has 3 amide bonds. The largest absolute Gasteiger partial charge is 0.325 e. The fourth-order valence-electron chi connectivity index (χ4n) is 3.10. The Morgan fingerprint density at radius 2 is 1.44 bits per heavy atom. The second-order valence-corrected chi connectivity index (χ2v) is 6.49. The Balaban J connectivity index is 1.87. The molecule has 3 aromatic rings. The number of aryl methyl sites for hydroxylation is 2. The first-order valence-electron chi connectivity index (χ1n) is 8.41. The van der Waals surface area contributed by atoms with E-state index in [4.69, 9.17) is 0 Å². The van der Waals surface area contributed by atoms with Gasteiger partial charge in [-0.3, -0.25) is 14.4 Å². The highest BCUT2D eigenvalue weighted by Gasteiger charge is 2.41. The Morgan fingerprint density at radius 3 is 1.96 bits per heavy atom. The highest BCUT2D eigenvalue weighted by molar-refractivity contribution is 6.34. The van der Waals surface area contributed by atoms with E-state index in [1.54, 1.807) is 24.3 Å². The summed E-state index contributed by atoms with van der Waals surface area (Å²) in [6, 6.07) is 10.3. The number of nitrogens with one attached hydrogen (secondary N) is 1. The lowest BCUT2D eigenvalue weighted by Gasteiger charge is -2.17. The molecule has 1 aromatic heterocycles. The van der Waals surface area contributed by atoms with E-state index in [0.29, 0.717) is 22.4 Å². The van der Waals surface area contributed by atoms with Crippen LogP contribution in [-0.2, 0) is 4.79 Å². The van der Waals surface area contributed by atoms with Crippen LogP contribution in [0.5, 0.6) is 0 Å². The van der Waals surface area contributed by atoms with E-state index in [1.165, 1.54) is 6.92 Å². The van der Waals surface area contributed by atoms with Crippen molar-refractivity contribution in [2.24, 2.45) is 0 Å². The molecule has 0 fully saturated rings. The molecule has 7 nitrogen and oxygen atoms in total. The van der Waals surface area contributed by atoms with Gasteiger partial charge in [-0.1, -0.05) is 12.1 Å². The van der Waals surface area contributed by atoms with Crippen LogP contribution in [0.3, 0.4) is 0 Å². The van der Waals surface area contributed by atoms with E-state index in [2.05, 4.69) is 15.3 Å². The van der Waals surface area contributed by atoms with Crippen molar-refractivity contribution in [2.45, 2.75) is 20.8 Å². The molecular formula is C20H16N4O3. The van der Waals surface area contributed by atoms with E-state index < -0.39 is 11.8 Å². The number of imide groups is 1. The molecule has 1 aliphatic rings. The van der Waals surface area contributed by atoms with Gasteiger partial charge in [-0.2, -0.15) is 0 Å². The molecule has 2 heterocycles. The van der Waals surface area contributed by atoms with Crippen molar-refractivity contribution in [3.63, 3.8) is 0 Å². The van der Waals surface area contributed by atoms with Gasteiger partial charge in [0.05, 0.1) is 22.4 Å². The van der Waals surface area contributed by atoms with Crippen molar-refractivity contribution in [3.8, 4) is 0 Å². The molecule has 27 heavy (non-hydrogen) atoms. The van der Waals surface area contributed by atoms with Crippen LogP contribution in [0.2, 0.25) is 0 Å². The average Bonchev–Trinajstić information content (AvgIpc) is 2.85. The standard InChI is InChI=1S/C20H16N4O3/c1-10-8-14-15(9-11(10)2)23-18-17(22-14)19(26)24(20(18)27)16-7-5-4-6-13(16)21-12(3)25/h4-9H,1-3H3,(H,21,25). The third-order valence-corrected chi connectivity index (χ3v) is 4.55. The molecule has 134 valence electrons. The quantitative estimate of drug-likeness (QED) is 0.709. The lowest BCUT2D eigenvalue weighted by molar-refractivity contribution is -0.114. The Morgan fingerprint density at radius 1 is 0.926 bits per heavy atom. The highest BCUT2D eigenvalue weighted by Crippen LogP contribution is 2.33. The molecule has 0 aliphatic carbocycles. The van der Waals surface area contributed by atoms with Gasteiger partial charge < -0.3 is 5.32 Å². The predicted octanol–water partition coefficient (Wildman–Crippen LogP) is 3.01. The number of carbonyl (C=O) groups excluding carboxylic acids is 3. The zero-order valence-corrected chi connectivity index (χ0v) is 15.0. The third kappa shape index (κ3) is 2.64. The van der Waals surface area contributed by atoms with Crippen molar-refractivity contribution < 1.29 is 14.4 Å². The van der Waals surface area contributed by atoms with Gasteiger partial charge in [0.2, 0.25) is 5.91 Å². The molecule has 0 unspecified atom stereocenters. The maximum atomic E-state index is 12.9. The van der Waals surface area contributed by atoms with Crippen molar-refractivity contribution in [3.05, 3.63) is 58.9 Å². The molecule has 2 aromatic carbocycles. The molecule has 0 atom stereocenters. The van der Waals surface area contributed by atoms with E-state index in [1.807, 2.05) is 26.0 Å². The van der Waals surface area contributed by atoms with Crippen LogP contribution in [0.25, 0.3) is 11.0 Å². The van der Waals surface area contributed by atoms with Gasteiger partial charge in [0.15, 0.2) is 11.4 Å². The van der Waals surface area contributed by atoms with Crippen LogP contribution in [0.4, 0.5) is 11.4 Å². The summed E-state index contributed by atoms with van der Waals surface area (Å²) in [6.45, 7) is 5.26. The van der Waals surface area contributed by atoms with E-state index in [9.17, 15) is 14.4 Å². The number of fused-ring (bicyclic) bond motifs is 2. The van der Waals surface area contributed by atoms with Crippen LogP contribution in [0, 0.1) is 13.8 Å². The maximum absolute atomic E-state index is 12.9. The Kier molecular flexibility index (Phi) is 3.73. The molecule has 4 rings (SSSR count). The van der Waals surface area contributed by atoms with Crippen LogP contribution in [0.15, 0.2) is 36.4 Å². The summed E-state index contributed by atoms with van der Waals surface area (Å²) in [5, 5.41) is 2.64. The van der Waals surface area contributed by atoms with Gasteiger partial charge in [-0.15, -0.1) is 0 Å². The Labute approximate surface area is 155 Å². The summed E-state index contributed by atoms with van der Waals surface area (Å²) in [7, 11) is 0. The zero-order chi connectivity index (χ0) is 19.3. The normalized spacial score (nSPS) is 13.2. The van der Waals surface area contributed by atoms with Crippen LogP contribution >= 0.6 is 0 Å². The number of amides is 3. The predicted molar refractivity (Wildman–Crippen MR) is 101 cm³/mol. The first-order chi connectivity index (χ1) is 12.9. The molecule has 0 bridgehead atoms. The SMILES string of the molecule is CC(=O)Nc1ccccc1N1C(=O)c2nc3cc(C)c(C)cc3nc2C1=O. The zero-order valence-electron chi connectivity index (χ0n) is 15.0. The van der Waals surface area contributed by atoms with Gasteiger partial charge in [-0.05, 0) is 49.2 Å². The molecule has 0 spiro atoms. The smallest absolute Gasteiger partial charge is 0.286 e. The van der Waals surface area contributed by atoms with Gasteiger partial charge in [0.1, 0.15) is 0 Å². The second kappa shape index (κ2) is 5.98. The number of rotatable bonds is 2. The van der Waals surface area contributed by atoms with Crippen LogP contribution in [-0.4, -0.2) is 27.7 Å². The average molecular weight is 360 g/mol. The van der Waals surface area contributed by atoms with E-state index >= 15 is 0 Å². The minimum atomic E-state index is -0.555. The first-order valence-corrected chi connectivity index (χ1v) is 8.41. The number of anilines is 2. The van der Waals surface area contributed by atoms with Crippen molar-refractivity contribution >= 4 is 40.1 Å². The number of aromatic nitrogens is 2. The van der Waals surface area contributed by atoms with E-state index in [0.717, 1.165) is 16.0 Å². The molecule has 0 saturated heterocycles. The molecule has 0 radical (unpaired) electrons. The monoisotopic (exact) mass is 360 g/mol. The van der Waals surface area contributed by atoms with Gasteiger partial charge >= 0.3 is 0 Å². The number of hydrogen-bond acceptors (Lipinski definition) is 5. The van der Waals surface area contributed by atoms with Gasteiger partial charge in [0, 0.05) is 6.92 Å².